The number of para-hydroxylation sites is 1. The van der Waals surface area contributed by atoms with Crippen molar-refractivity contribution in [2.45, 2.75) is 25.3 Å². The Labute approximate surface area is 140 Å². The summed E-state index contributed by atoms with van der Waals surface area (Å²) in [7, 11) is 1.78. The minimum atomic E-state index is -0.856. The van der Waals surface area contributed by atoms with E-state index in [0.717, 1.165) is 17.7 Å². The second kappa shape index (κ2) is 6.52. The van der Waals surface area contributed by atoms with E-state index in [1.807, 2.05) is 37.3 Å². The van der Waals surface area contributed by atoms with E-state index in [2.05, 4.69) is 15.7 Å². The SMILES string of the molecule is CCc1cc(NC(=O)NC2(CO)CCOc3ccccc32)n(C)n1. The molecule has 3 rings (SSSR count). The molecule has 0 saturated carbocycles. The molecule has 24 heavy (non-hydrogen) atoms. The van der Waals surface area contributed by atoms with E-state index in [-0.39, 0.29) is 12.6 Å². The summed E-state index contributed by atoms with van der Waals surface area (Å²) in [6.45, 7) is 2.24. The molecule has 2 aromatic rings. The Hall–Kier alpha value is -2.54. The number of aliphatic hydroxyl groups is 1. The van der Waals surface area contributed by atoms with Gasteiger partial charge in [-0.1, -0.05) is 25.1 Å². The highest BCUT2D eigenvalue weighted by Crippen LogP contribution is 2.36. The molecule has 0 saturated heterocycles. The number of amides is 2. The standard InChI is InChI=1S/C17H22N4O3/c1-3-12-10-15(21(2)20-12)18-16(23)19-17(11-22)8-9-24-14-7-5-4-6-13(14)17/h4-7,10,22H,3,8-9,11H2,1-2H3,(H2,18,19,23). The number of fused-ring (bicyclic) bond motifs is 1. The van der Waals surface area contributed by atoms with Gasteiger partial charge in [-0.2, -0.15) is 5.10 Å². The van der Waals surface area contributed by atoms with Gasteiger partial charge in [-0.3, -0.25) is 10.00 Å². The van der Waals surface area contributed by atoms with Crippen LogP contribution in [0, 0.1) is 0 Å². The maximum absolute atomic E-state index is 12.5. The first-order valence-corrected chi connectivity index (χ1v) is 8.03. The fourth-order valence-electron chi connectivity index (χ4n) is 2.97. The molecule has 0 bridgehead atoms. The summed E-state index contributed by atoms with van der Waals surface area (Å²) >= 11 is 0. The number of urea groups is 1. The van der Waals surface area contributed by atoms with E-state index >= 15 is 0 Å². The van der Waals surface area contributed by atoms with Gasteiger partial charge < -0.3 is 15.2 Å². The third-order valence-electron chi connectivity index (χ3n) is 4.35. The molecule has 1 atom stereocenters. The van der Waals surface area contributed by atoms with Crippen LogP contribution in [-0.4, -0.2) is 34.1 Å². The number of nitrogens with one attached hydrogen (secondary N) is 2. The summed E-state index contributed by atoms with van der Waals surface area (Å²) in [5.41, 5.74) is 0.833. The quantitative estimate of drug-likeness (QED) is 0.797. The number of nitrogens with zero attached hydrogens (tertiary/aromatic N) is 2. The topological polar surface area (TPSA) is 88.4 Å². The Morgan fingerprint density at radius 1 is 1.46 bits per heavy atom. The summed E-state index contributed by atoms with van der Waals surface area (Å²) < 4.78 is 7.25. The number of aromatic nitrogens is 2. The van der Waals surface area contributed by atoms with Gasteiger partial charge in [-0.05, 0) is 12.5 Å². The normalized spacial score (nSPS) is 19.3. The predicted octanol–water partition coefficient (Wildman–Crippen LogP) is 1.77. The molecular formula is C17H22N4O3. The Balaban J connectivity index is 1.81. The fourth-order valence-corrected chi connectivity index (χ4v) is 2.97. The van der Waals surface area contributed by atoms with Crippen LogP contribution in [0.5, 0.6) is 5.75 Å². The molecule has 1 aromatic carbocycles. The van der Waals surface area contributed by atoms with Crippen LogP contribution in [0.1, 0.15) is 24.6 Å². The number of carbonyl (C=O) groups is 1. The molecule has 1 aliphatic rings. The smallest absolute Gasteiger partial charge is 0.321 e. The van der Waals surface area contributed by atoms with Gasteiger partial charge >= 0.3 is 6.03 Å². The molecule has 1 aromatic heterocycles. The Kier molecular flexibility index (Phi) is 4.44. The molecule has 2 amide bonds. The first-order chi connectivity index (χ1) is 11.6. The van der Waals surface area contributed by atoms with E-state index in [4.69, 9.17) is 4.74 Å². The first kappa shape index (κ1) is 16.3. The first-order valence-electron chi connectivity index (χ1n) is 8.03. The fraction of sp³-hybridized carbons (Fsp3) is 0.412. The Morgan fingerprint density at radius 2 is 2.25 bits per heavy atom. The van der Waals surface area contributed by atoms with E-state index in [0.29, 0.717) is 24.6 Å². The van der Waals surface area contributed by atoms with Crippen LogP contribution in [0.25, 0.3) is 0 Å². The van der Waals surface area contributed by atoms with Crippen molar-refractivity contribution in [3.05, 3.63) is 41.6 Å². The van der Waals surface area contributed by atoms with Crippen molar-refractivity contribution >= 4 is 11.8 Å². The highest BCUT2D eigenvalue weighted by Gasteiger charge is 2.38. The van der Waals surface area contributed by atoms with Crippen LogP contribution < -0.4 is 15.4 Å². The lowest BCUT2D eigenvalue weighted by Crippen LogP contribution is -2.52. The van der Waals surface area contributed by atoms with Gasteiger partial charge in [-0.15, -0.1) is 0 Å². The lowest BCUT2D eigenvalue weighted by Gasteiger charge is -2.38. The third-order valence-corrected chi connectivity index (χ3v) is 4.35. The molecule has 7 nitrogen and oxygen atoms in total. The number of carbonyl (C=O) groups excluding carboxylic acids is 1. The lowest BCUT2D eigenvalue weighted by atomic mass is 9.85. The molecule has 0 spiro atoms. The van der Waals surface area contributed by atoms with Crippen molar-refractivity contribution in [1.82, 2.24) is 15.1 Å². The number of ether oxygens (including phenoxy) is 1. The van der Waals surface area contributed by atoms with Crippen LogP contribution >= 0.6 is 0 Å². The zero-order valence-electron chi connectivity index (χ0n) is 13.9. The molecule has 7 heteroatoms. The number of anilines is 1. The summed E-state index contributed by atoms with van der Waals surface area (Å²) in [6.07, 6.45) is 1.29. The summed E-state index contributed by atoms with van der Waals surface area (Å²) in [5, 5.41) is 20.0. The van der Waals surface area contributed by atoms with Crippen molar-refractivity contribution in [2.24, 2.45) is 7.05 Å². The zero-order valence-corrected chi connectivity index (χ0v) is 13.9. The van der Waals surface area contributed by atoms with Crippen molar-refractivity contribution in [1.29, 1.82) is 0 Å². The molecule has 0 radical (unpaired) electrons. The predicted molar refractivity (Wildman–Crippen MR) is 90.1 cm³/mol. The van der Waals surface area contributed by atoms with Crippen LogP contribution in [0.15, 0.2) is 30.3 Å². The highest BCUT2D eigenvalue weighted by atomic mass is 16.5. The van der Waals surface area contributed by atoms with E-state index in [1.54, 1.807) is 11.7 Å². The van der Waals surface area contributed by atoms with Crippen LogP contribution in [0.2, 0.25) is 0 Å². The maximum Gasteiger partial charge on any atom is 0.321 e. The second-order valence-electron chi connectivity index (χ2n) is 5.91. The molecule has 1 unspecified atom stereocenters. The number of rotatable bonds is 4. The second-order valence-corrected chi connectivity index (χ2v) is 5.91. The van der Waals surface area contributed by atoms with Crippen molar-refractivity contribution in [3.63, 3.8) is 0 Å². The minimum absolute atomic E-state index is 0.202. The van der Waals surface area contributed by atoms with Crippen molar-refractivity contribution in [3.8, 4) is 5.75 Å². The van der Waals surface area contributed by atoms with Gasteiger partial charge in [0.25, 0.3) is 0 Å². The molecule has 0 aliphatic carbocycles. The van der Waals surface area contributed by atoms with Crippen LogP contribution in [0.3, 0.4) is 0 Å². The van der Waals surface area contributed by atoms with Gasteiger partial charge in [0.15, 0.2) is 0 Å². The Morgan fingerprint density at radius 3 is 2.96 bits per heavy atom. The highest BCUT2D eigenvalue weighted by molar-refractivity contribution is 5.89. The average Bonchev–Trinajstić information content (AvgIpc) is 2.95. The molecule has 0 fully saturated rings. The third kappa shape index (κ3) is 2.94. The monoisotopic (exact) mass is 330 g/mol. The number of benzene rings is 1. The van der Waals surface area contributed by atoms with Crippen LogP contribution in [-0.2, 0) is 19.0 Å². The van der Waals surface area contributed by atoms with Gasteiger partial charge in [0, 0.05) is 25.1 Å². The number of aryl methyl sites for hydroxylation is 2. The molecule has 3 N–H and O–H groups in total. The summed E-state index contributed by atoms with van der Waals surface area (Å²) in [5.74, 6) is 1.30. The number of hydrogen-bond acceptors (Lipinski definition) is 4. The van der Waals surface area contributed by atoms with Gasteiger partial charge in [0.05, 0.1) is 24.4 Å². The maximum atomic E-state index is 12.5. The van der Waals surface area contributed by atoms with Gasteiger partial charge in [-0.25, -0.2) is 4.79 Å². The van der Waals surface area contributed by atoms with E-state index in [1.165, 1.54) is 0 Å². The average molecular weight is 330 g/mol. The zero-order chi connectivity index (χ0) is 17.2. The molecule has 1 aliphatic heterocycles. The summed E-state index contributed by atoms with van der Waals surface area (Å²) in [6, 6.07) is 8.90. The van der Waals surface area contributed by atoms with Crippen LogP contribution in [0.4, 0.5) is 10.6 Å². The molecule has 2 heterocycles. The Bertz CT molecular complexity index is 743. The number of hydrogen-bond donors (Lipinski definition) is 3. The van der Waals surface area contributed by atoms with Gasteiger partial charge in [0.1, 0.15) is 11.6 Å². The van der Waals surface area contributed by atoms with Crippen molar-refractivity contribution in [2.75, 3.05) is 18.5 Å². The van der Waals surface area contributed by atoms with Gasteiger partial charge in [0.2, 0.25) is 0 Å². The van der Waals surface area contributed by atoms with Crippen molar-refractivity contribution < 1.29 is 14.6 Å². The van der Waals surface area contributed by atoms with E-state index < -0.39 is 5.54 Å². The largest absolute Gasteiger partial charge is 0.493 e. The number of aliphatic hydroxyl groups excluding tert-OH is 1. The molecular weight excluding hydrogens is 308 g/mol. The minimum Gasteiger partial charge on any atom is -0.493 e. The van der Waals surface area contributed by atoms with E-state index in [9.17, 15) is 9.90 Å². The lowest BCUT2D eigenvalue weighted by molar-refractivity contribution is 0.115. The molecule has 128 valence electrons. The summed E-state index contributed by atoms with van der Waals surface area (Å²) in [4.78, 5) is 12.5.